The molecular weight excluding hydrogens is 262 g/mol. The first kappa shape index (κ1) is 12.5. The summed E-state index contributed by atoms with van der Waals surface area (Å²) in [5, 5.41) is 4.11. The van der Waals surface area contributed by atoms with E-state index in [-0.39, 0.29) is 0 Å². The summed E-state index contributed by atoms with van der Waals surface area (Å²) >= 11 is 5.96. The van der Waals surface area contributed by atoms with Crippen molar-refractivity contribution in [2.45, 2.75) is 25.4 Å². The Kier molecular flexibility index (Phi) is 3.44. The highest BCUT2D eigenvalue weighted by molar-refractivity contribution is 6.30. The van der Waals surface area contributed by atoms with E-state index in [4.69, 9.17) is 16.3 Å². The third kappa shape index (κ3) is 2.91. The van der Waals surface area contributed by atoms with Gasteiger partial charge in [0.2, 0.25) is 0 Å². The van der Waals surface area contributed by atoms with Crippen LogP contribution in [-0.4, -0.2) is 23.1 Å². The number of halogens is 1. The number of H-pyrrole nitrogens is 1. The Labute approximate surface area is 117 Å². The number of hydrogen-bond donors (Lipinski definition) is 2. The molecule has 1 aromatic heterocycles. The van der Waals surface area contributed by atoms with Gasteiger partial charge < -0.3 is 15.0 Å². The zero-order valence-corrected chi connectivity index (χ0v) is 11.5. The first-order valence-electron chi connectivity index (χ1n) is 6.37. The van der Waals surface area contributed by atoms with Gasteiger partial charge in [0.25, 0.3) is 0 Å². The number of hydrogen-bond acceptors (Lipinski definition) is 3. The maximum absolute atomic E-state index is 5.96. The van der Waals surface area contributed by atoms with Crippen LogP contribution in [0.1, 0.15) is 18.5 Å². The number of benzene rings is 1. The van der Waals surface area contributed by atoms with E-state index in [0.717, 1.165) is 29.4 Å². The second-order valence-corrected chi connectivity index (χ2v) is 5.19. The van der Waals surface area contributed by atoms with Gasteiger partial charge in [0.1, 0.15) is 11.6 Å². The van der Waals surface area contributed by atoms with Crippen molar-refractivity contribution in [3.05, 3.63) is 35.1 Å². The van der Waals surface area contributed by atoms with Gasteiger partial charge in [-0.1, -0.05) is 11.6 Å². The molecule has 0 unspecified atom stereocenters. The lowest BCUT2D eigenvalue weighted by atomic mass is 10.2. The monoisotopic (exact) mass is 277 g/mol. The minimum atomic E-state index is 0.655. The normalized spacial score (nSPS) is 14.6. The van der Waals surface area contributed by atoms with E-state index >= 15 is 0 Å². The summed E-state index contributed by atoms with van der Waals surface area (Å²) in [7, 11) is 1.63. The van der Waals surface area contributed by atoms with Crippen molar-refractivity contribution in [3.63, 3.8) is 0 Å². The Morgan fingerprint density at radius 2 is 2.32 bits per heavy atom. The molecule has 1 aliphatic carbocycles. The van der Waals surface area contributed by atoms with Gasteiger partial charge in [0.15, 0.2) is 0 Å². The molecule has 4 nitrogen and oxygen atoms in total. The molecule has 1 aliphatic rings. The Morgan fingerprint density at radius 1 is 1.47 bits per heavy atom. The molecular formula is C14H16ClN3O. The van der Waals surface area contributed by atoms with E-state index < -0.39 is 0 Å². The van der Waals surface area contributed by atoms with Crippen LogP contribution in [0.4, 0.5) is 0 Å². The van der Waals surface area contributed by atoms with Crippen LogP contribution in [0.25, 0.3) is 11.4 Å². The van der Waals surface area contributed by atoms with E-state index in [9.17, 15) is 0 Å². The topological polar surface area (TPSA) is 49.9 Å². The maximum atomic E-state index is 5.96. The number of aromatic amines is 1. The first-order chi connectivity index (χ1) is 9.26. The van der Waals surface area contributed by atoms with E-state index in [1.54, 1.807) is 13.2 Å². The molecule has 100 valence electrons. The molecule has 1 heterocycles. The third-order valence-electron chi connectivity index (χ3n) is 3.21. The van der Waals surface area contributed by atoms with Crippen LogP contribution in [0.3, 0.4) is 0 Å². The van der Waals surface area contributed by atoms with Gasteiger partial charge in [-0.25, -0.2) is 4.98 Å². The van der Waals surface area contributed by atoms with E-state index in [1.807, 2.05) is 18.3 Å². The molecule has 1 aromatic carbocycles. The minimum Gasteiger partial charge on any atom is -0.496 e. The molecule has 0 spiro atoms. The highest BCUT2D eigenvalue weighted by Gasteiger charge is 2.20. The van der Waals surface area contributed by atoms with E-state index in [2.05, 4.69) is 15.3 Å². The fourth-order valence-corrected chi connectivity index (χ4v) is 2.15. The van der Waals surface area contributed by atoms with Gasteiger partial charge in [-0.15, -0.1) is 0 Å². The van der Waals surface area contributed by atoms with Gasteiger partial charge in [-0.05, 0) is 31.0 Å². The molecule has 0 radical (unpaired) electrons. The molecule has 1 fully saturated rings. The molecule has 0 bridgehead atoms. The van der Waals surface area contributed by atoms with Crippen LogP contribution < -0.4 is 10.1 Å². The van der Waals surface area contributed by atoms with Crippen LogP contribution in [-0.2, 0) is 6.54 Å². The Morgan fingerprint density at radius 3 is 3.05 bits per heavy atom. The molecule has 5 heteroatoms. The molecule has 0 aliphatic heterocycles. The van der Waals surface area contributed by atoms with Crippen molar-refractivity contribution in [1.29, 1.82) is 0 Å². The van der Waals surface area contributed by atoms with Crippen molar-refractivity contribution in [2.75, 3.05) is 7.11 Å². The highest BCUT2D eigenvalue weighted by Crippen LogP contribution is 2.30. The summed E-state index contributed by atoms with van der Waals surface area (Å²) < 4.78 is 5.34. The predicted molar refractivity (Wildman–Crippen MR) is 75.4 cm³/mol. The lowest BCUT2D eigenvalue weighted by Crippen LogP contribution is -2.15. The second-order valence-electron chi connectivity index (χ2n) is 4.76. The van der Waals surface area contributed by atoms with E-state index in [0.29, 0.717) is 11.1 Å². The fraction of sp³-hybridized carbons (Fsp3) is 0.357. The fourth-order valence-electron chi connectivity index (χ4n) is 1.99. The van der Waals surface area contributed by atoms with Gasteiger partial charge >= 0.3 is 0 Å². The average molecular weight is 278 g/mol. The summed E-state index contributed by atoms with van der Waals surface area (Å²) in [5.74, 6) is 1.53. The quantitative estimate of drug-likeness (QED) is 0.883. The summed E-state index contributed by atoms with van der Waals surface area (Å²) in [4.78, 5) is 7.71. The Hall–Kier alpha value is -1.52. The predicted octanol–water partition coefficient (Wildman–Crippen LogP) is 2.99. The molecule has 1 saturated carbocycles. The number of nitrogens with one attached hydrogen (secondary N) is 2. The minimum absolute atomic E-state index is 0.655. The molecule has 19 heavy (non-hydrogen) atoms. The molecule has 2 aromatic rings. The molecule has 2 N–H and O–H groups in total. The number of rotatable bonds is 5. The summed E-state index contributed by atoms with van der Waals surface area (Å²) in [5.41, 5.74) is 2.00. The second kappa shape index (κ2) is 5.23. The number of ether oxygens (including phenoxy) is 1. The largest absolute Gasteiger partial charge is 0.496 e. The van der Waals surface area contributed by atoms with Gasteiger partial charge in [-0.2, -0.15) is 0 Å². The number of nitrogens with zero attached hydrogens (tertiary/aromatic N) is 1. The van der Waals surface area contributed by atoms with Crippen molar-refractivity contribution < 1.29 is 4.74 Å². The molecule has 0 saturated heterocycles. The smallest absolute Gasteiger partial charge is 0.141 e. The average Bonchev–Trinajstić information content (AvgIpc) is 3.14. The Balaban J connectivity index is 1.80. The zero-order chi connectivity index (χ0) is 13.2. The summed E-state index contributed by atoms with van der Waals surface area (Å²) in [6.45, 7) is 0.827. The van der Waals surface area contributed by atoms with Gasteiger partial charge in [0.05, 0.1) is 12.7 Å². The van der Waals surface area contributed by atoms with Crippen molar-refractivity contribution in [2.24, 2.45) is 0 Å². The van der Waals surface area contributed by atoms with Gasteiger partial charge in [-0.3, -0.25) is 0 Å². The zero-order valence-electron chi connectivity index (χ0n) is 10.7. The Bertz CT molecular complexity index is 578. The first-order valence-corrected chi connectivity index (χ1v) is 6.75. The van der Waals surface area contributed by atoms with Crippen LogP contribution in [0.5, 0.6) is 5.75 Å². The van der Waals surface area contributed by atoms with Gasteiger partial charge in [0, 0.05) is 29.5 Å². The highest BCUT2D eigenvalue weighted by atomic mass is 35.5. The lowest BCUT2D eigenvalue weighted by Gasteiger charge is -2.06. The number of methoxy groups -OCH3 is 1. The third-order valence-corrected chi connectivity index (χ3v) is 3.44. The summed E-state index contributed by atoms with van der Waals surface area (Å²) in [6.07, 6.45) is 4.43. The van der Waals surface area contributed by atoms with Crippen molar-refractivity contribution in [3.8, 4) is 17.1 Å². The maximum Gasteiger partial charge on any atom is 0.141 e. The van der Waals surface area contributed by atoms with Crippen molar-refractivity contribution >= 4 is 11.6 Å². The lowest BCUT2D eigenvalue weighted by molar-refractivity contribution is 0.416. The SMILES string of the molecule is COc1cc(Cl)ccc1-c1ncc(CNC2CC2)[nH]1. The van der Waals surface area contributed by atoms with Crippen LogP contribution >= 0.6 is 11.6 Å². The summed E-state index contributed by atoms with van der Waals surface area (Å²) in [6, 6.07) is 6.24. The molecule has 0 amide bonds. The number of imidazole rings is 1. The van der Waals surface area contributed by atoms with Crippen LogP contribution in [0.15, 0.2) is 24.4 Å². The molecule has 0 atom stereocenters. The van der Waals surface area contributed by atoms with Crippen molar-refractivity contribution in [1.82, 2.24) is 15.3 Å². The standard InChI is InChI=1S/C14H16ClN3O/c1-19-13-6-9(15)2-5-12(13)14-17-8-11(18-14)7-16-10-3-4-10/h2,5-6,8,10,16H,3-4,7H2,1H3,(H,17,18). The number of aromatic nitrogens is 2. The van der Waals surface area contributed by atoms with Crippen LogP contribution in [0.2, 0.25) is 5.02 Å². The van der Waals surface area contributed by atoms with Crippen LogP contribution in [0, 0.1) is 0 Å². The molecule has 3 rings (SSSR count). The van der Waals surface area contributed by atoms with E-state index in [1.165, 1.54) is 12.8 Å².